The zero-order valence-electron chi connectivity index (χ0n) is 8.97. The molecule has 82 valence electrons. The number of hydrogen-bond donors (Lipinski definition) is 0. The highest BCUT2D eigenvalue weighted by atomic mass is 16.1. The van der Waals surface area contributed by atoms with Gasteiger partial charge in [-0.05, 0) is 12.3 Å². The van der Waals surface area contributed by atoms with Crippen LogP contribution in [0, 0.1) is 5.92 Å². The Kier molecular flexibility index (Phi) is 2.20. The molecule has 4 nitrogen and oxygen atoms in total. The molecule has 0 saturated heterocycles. The van der Waals surface area contributed by atoms with E-state index in [0.717, 1.165) is 17.9 Å². The molecule has 3 rings (SSSR count). The third-order valence-corrected chi connectivity index (χ3v) is 3.10. The molecule has 16 heavy (non-hydrogen) atoms. The lowest BCUT2D eigenvalue weighted by Crippen LogP contribution is -1.99. The summed E-state index contributed by atoms with van der Waals surface area (Å²) in [5.74, 6) is 0.985. The van der Waals surface area contributed by atoms with Gasteiger partial charge in [0, 0.05) is 18.8 Å². The van der Waals surface area contributed by atoms with Gasteiger partial charge in [0.05, 0.1) is 23.5 Å². The van der Waals surface area contributed by atoms with Crippen molar-refractivity contribution in [2.45, 2.75) is 25.7 Å². The second kappa shape index (κ2) is 3.70. The lowest BCUT2D eigenvalue weighted by atomic mass is 10.1. The van der Waals surface area contributed by atoms with E-state index in [4.69, 9.17) is 0 Å². The van der Waals surface area contributed by atoms with Crippen LogP contribution in [0.1, 0.15) is 36.0 Å². The van der Waals surface area contributed by atoms with Gasteiger partial charge in [-0.3, -0.25) is 9.78 Å². The largest absolute Gasteiger partial charge is 0.294 e. The number of aromatic nitrogens is 3. The van der Waals surface area contributed by atoms with Crippen LogP contribution in [0.2, 0.25) is 0 Å². The summed E-state index contributed by atoms with van der Waals surface area (Å²) in [4.78, 5) is 16.0. The maximum atomic E-state index is 12.0. The van der Waals surface area contributed by atoms with Crippen LogP contribution in [0.4, 0.5) is 0 Å². The minimum absolute atomic E-state index is 0.190. The number of carbonyl (C=O) groups excluding carboxylic acids is 1. The van der Waals surface area contributed by atoms with E-state index in [2.05, 4.69) is 10.1 Å². The van der Waals surface area contributed by atoms with E-state index in [1.807, 2.05) is 0 Å². The average Bonchev–Trinajstić information content (AvgIpc) is 3.04. The van der Waals surface area contributed by atoms with E-state index >= 15 is 0 Å². The normalized spacial score (nSPS) is 15.5. The van der Waals surface area contributed by atoms with E-state index in [9.17, 15) is 4.79 Å². The molecular weight excluding hydrogens is 202 g/mol. The Morgan fingerprint density at radius 3 is 3.12 bits per heavy atom. The van der Waals surface area contributed by atoms with Gasteiger partial charge in [-0.25, -0.2) is 4.52 Å². The maximum Gasteiger partial charge on any atom is 0.166 e. The predicted molar refractivity (Wildman–Crippen MR) is 59.3 cm³/mol. The molecule has 0 aromatic carbocycles. The number of rotatable bonds is 4. The topological polar surface area (TPSA) is 47.3 Å². The molecule has 4 heteroatoms. The number of nitrogens with zero attached hydrogens (tertiary/aromatic N) is 3. The molecule has 1 aliphatic rings. The molecule has 0 spiro atoms. The molecule has 2 heterocycles. The zero-order chi connectivity index (χ0) is 11.0. The third-order valence-electron chi connectivity index (χ3n) is 3.10. The molecule has 0 unspecified atom stereocenters. The summed E-state index contributed by atoms with van der Waals surface area (Å²) in [6.45, 7) is 0. The van der Waals surface area contributed by atoms with Crippen LogP contribution in [0.15, 0.2) is 24.8 Å². The Bertz CT molecular complexity index is 528. The third kappa shape index (κ3) is 1.71. The molecular formula is C12H13N3O. The summed E-state index contributed by atoms with van der Waals surface area (Å²) >= 11 is 0. The maximum absolute atomic E-state index is 12.0. The van der Waals surface area contributed by atoms with Crippen molar-refractivity contribution >= 4 is 11.3 Å². The van der Waals surface area contributed by atoms with Crippen molar-refractivity contribution in [3.05, 3.63) is 30.4 Å². The fraction of sp³-hybridized carbons (Fsp3) is 0.417. The molecule has 0 aliphatic heterocycles. The Labute approximate surface area is 93.3 Å². The van der Waals surface area contributed by atoms with E-state index in [1.165, 1.54) is 12.8 Å². The molecule has 0 N–H and O–H groups in total. The van der Waals surface area contributed by atoms with Gasteiger partial charge in [0.25, 0.3) is 0 Å². The number of carbonyl (C=O) groups is 1. The molecule has 2 aromatic rings. The minimum atomic E-state index is 0.190. The van der Waals surface area contributed by atoms with Crippen LogP contribution < -0.4 is 0 Å². The van der Waals surface area contributed by atoms with Gasteiger partial charge in [0.15, 0.2) is 5.78 Å². The highest BCUT2D eigenvalue weighted by Gasteiger charge is 2.23. The lowest BCUT2D eigenvalue weighted by molar-refractivity contribution is 0.0979. The molecule has 1 saturated carbocycles. The van der Waals surface area contributed by atoms with Crippen molar-refractivity contribution < 1.29 is 4.79 Å². The number of fused-ring (bicyclic) bond motifs is 1. The van der Waals surface area contributed by atoms with Gasteiger partial charge in [0.2, 0.25) is 0 Å². The predicted octanol–water partition coefficient (Wildman–Crippen LogP) is 2.10. The van der Waals surface area contributed by atoms with Gasteiger partial charge in [-0.2, -0.15) is 5.10 Å². The first-order valence-electron chi connectivity index (χ1n) is 5.65. The molecule has 0 atom stereocenters. The summed E-state index contributed by atoms with van der Waals surface area (Å²) in [5.41, 5.74) is 1.51. The molecule has 0 radical (unpaired) electrons. The Balaban J connectivity index is 1.83. The summed E-state index contributed by atoms with van der Waals surface area (Å²) < 4.78 is 1.69. The van der Waals surface area contributed by atoms with Crippen LogP contribution in [-0.2, 0) is 0 Å². The highest BCUT2D eigenvalue weighted by molar-refractivity contribution is 6.01. The number of ketones is 1. The Morgan fingerprint density at radius 1 is 1.44 bits per heavy atom. The SMILES string of the molecule is O=C(CCC1CC1)c1cnn2ccncc12. The fourth-order valence-electron chi connectivity index (χ4n) is 1.93. The van der Waals surface area contributed by atoms with Crippen molar-refractivity contribution in [2.75, 3.05) is 0 Å². The molecule has 0 bridgehead atoms. The van der Waals surface area contributed by atoms with Crippen LogP contribution in [0.25, 0.3) is 5.52 Å². The Hall–Kier alpha value is -1.71. The van der Waals surface area contributed by atoms with Crippen molar-refractivity contribution in [1.29, 1.82) is 0 Å². The second-order valence-corrected chi connectivity index (χ2v) is 4.37. The van der Waals surface area contributed by atoms with Crippen molar-refractivity contribution in [3.8, 4) is 0 Å². The second-order valence-electron chi connectivity index (χ2n) is 4.37. The highest BCUT2D eigenvalue weighted by Crippen LogP contribution is 2.34. The first kappa shape index (κ1) is 9.51. The molecule has 1 aliphatic carbocycles. The fourth-order valence-corrected chi connectivity index (χ4v) is 1.93. The smallest absolute Gasteiger partial charge is 0.166 e. The zero-order valence-corrected chi connectivity index (χ0v) is 8.97. The monoisotopic (exact) mass is 215 g/mol. The van der Waals surface area contributed by atoms with Crippen LogP contribution >= 0.6 is 0 Å². The first-order valence-corrected chi connectivity index (χ1v) is 5.65. The van der Waals surface area contributed by atoms with E-state index in [-0.39, 0.29) is 5.78 Å². The van der Waals surface area contributed by atoms with E-state index < -0.39 is 0 Å². The van der Waals surface area contributed by atoms with Crippen molar-refractivity contribution in [2.24, 2.45) is 5.92 Å². The van der Waals surface area contributed by atoms with E-state index in [0.29, 0.717) is 12.0 Å². The van der Waals surface area contributed by atoms with E-state index in [1.54, 1.807) is 29.3 Å². The summed E-state index contributed by atoms with van der Waals surface area (Å²) in [7, 11) is 0. The van der Waals surface area contributed by atoms with Crippen LogP contribution in [0.3, 0.4) is 0 Å². The van der Waals surface area contributed by atoms with Crippen LogP contribution in [-0.4, -0.2) is 20.4 Å². The lowest BCUT2D eigenvalue weighted by Gasteiger charge is -1.97. The van der Waals surface area contributed by atoms with Crippen molar-refractivity contribution in [3.63, 3.8) is 0 Å². The summed E-state index contributed by atoms with van der Waals surface area (Å²) in [6, 6.07) is 0. The number of hydrogen-bond acceptors (Lipinski definition) is 3. The Morgan fingerprint density at radius 2 is 2.31 bits per heavy atom. The van der Waals surface area contributed by atoms with Gasteiger partial charge >= 0.3 is 0 Å². The minimum Gasteiger partial charge on any atom is -0.294 e. The quantitative estimate of drug-likeness (QED) is 0.734. The summed E-state index contributed by atoms with van der Waals surface area (Å²) in [5, 5.41) is 4.14. The first-order chi connectivity index (χ1) is 7.84. The van der Waals surface area contributed by atoms with Gasteiger partial charge in [-0.15, -0.1) is 0 Å². The number of Topliss-reactive ketones (excluding diaryl/α,β-unsaturated/α-hetero) is 1. The van der Waals surface area contributed by atoms with Gasteiger partial charge in [-0.1, -0.05) is 12.8 Å². The molecule has 2 aromatic heterocycles. The van der Waals surface area contributed by atoms with Crippen molar-refractivity contribution in [1.82, 2.24) is 14.6 Å². The summed E-state index contributed by atoms with van der Waals surface area (Å²) in [6.07, 6.45) is 11.0. The van der Waals surface area contributed by atoms with Gasteiger partial charge in [0.1, 0.15) is 0 Å². The van der Waals surface area contributed by atoms with Crippen LogP contribution in [0.5, 0.6) is 0 Å². The molecule has 1 fully saturated rings. The molecule has 0 amide bonds. The standard InChI is InChI=1S/C12H13N3O/c16-12(4-3-9-1-2-9)10-7-14-15-6-5-13-8-11(10)15/h5-9H,1-4H2. The van der Waals surface area contributed by atoms with Gasteiger partial charge < -0.3 is 0 Å². The average molecular weight is 215 g/mol.